The second kappa shape index (κ2) is 6.97. The molecule has 0 amide bonds. The highest BCUT2D eigenvalue weighted by molar-refractivity contribution is 9.09. The van der Waals surface area contributed by atoms with Crippen LogP contribution in [0.4, 0.5) is 0 Å². The van der Waals surface area contributed by atoms with Gasteiger partial charge in [-0.05, 0) is 67.8 Å². The zero-order valence-corrected chi connectivity index (χ0v) is 16.0. The zero-order chi connectivity index (χ0) is 16.6. The largest absolute Gasteiger partial charge is 0.467 e. The molecule has 4 fully saturated rings. The summed E-state index contributed by atoms with van der Waals surface area (Å²) >= 11 is 3.38. The lowest BCUT2D eigenvalue weighted by Crippen LogP contribution is -2.48. The fraction of sp³-hybridized carbons (Fsp3) is 0.700. The monoisotopic (exact) mass is 394 g/mol. The molecule has 3 nitrogen and oxygen atoms in total. The molecule has 0 heterocycles. The third kappa shape index (κ3) is 3.13. The number of alkyl halides is 1. The van der Waals surface area contributed by atoms with Gasteiger partial charge in [-0.2, -0.15) is 0 Å². The molecule has 1 unspecified atom stereocenters. The maximum atomic E-state index is 6.04. The number of rotatable bonds is 7. The van der Waals surface area contributed by atoms with Crippen molar-refractivity contribution in [2.45, 2.75) is 50.2 Å². The molecule has 24 heavy (non-hydrogen) atoms. The van der Waals surface area contributed by atoms with E-state index in [9.17, 15) is 0 Å². The van der Waals surface area contributed by atoms with Gasteiger partial charge in [0.15, 0.2) is 13.1 Å². The number of methoxy groups -OCH3 is 1. The third-order valence-electron chi connectivity index (χ3n) is 6.35. The first-order valence-electron chi connectivity index (χ1n) is 9.15. The van der Waals surface area contributed by atoms with E-state index < -0.39 is 0 Å². The molecule has 1 atom stereocenters. The van der Waals surface area contributed by atoms with Crippen molar-refractivity contribution in [3.8, 4) is 5.75 Å². The molecule has 4 saturated carbocycles. The van der Waals surface area contributed by atoms with E-state index in [1.807, 2.05) is 0 Å². The van der Waals surface area contributed by atoms with E-state index in [2.05, 4.69) is 40.2 Å². The predicted molar refractivity (Wildman–Crippen MR) is 97.5 cm³/mol. The summed E-state index contributed by atoms with van der Waals surface area (Å²) in [6.07, 6.45) is 8.17. The van der Waals surface area contributed by atoms with Crippen molar-refractivity contribution >= 4 is 15.9 Å². The maximum Gasteiger partial charge on any atom is 0.192 e. The molecule has 4 aliphatic rings. The molecule has 0 saturated heterocycles. The van der Waals surface area contributed by atoms with Crippen LogP contribution < -0.4 is 4.74 Å². The lowest BCUT2D eigenvalue weighted by atomic mass is 9.48. The van der Waals surface area contributed by atoms with Crippen LogP contribution in [-0.4, -0.2) is 25.5 Å². The second-order valence-corrected chi connectivity index (χ2v) is 8.59. The van der Waals surface area contributed by atoms with E-state index in [1.165, 1.54) is 44.1 Å². The highest BCUT2D eigenvalue weighted by Gasteiger charge is 2.52. The summed E-state index contributed by atoms with van der Waals surface area (Å²) in [7, 11) is 1.65. The minimum Gasteiger partial charge on any atom is -0.467 e. The molecular formula is C20H27BrO3. The Labute approximate surface area is 153 Å². The van der Waals surface area contributed by atoms with Crippen molar-refractivity contribution in [3.63, 3.8) is 0 Å². The quantitative estimate of drug-likeness (QED) is 0.487. The number of para-hydroxylation sites is 1. The molecule has 4 heteroatoms. The van der Waals surface area contributed by atoms with Crippen LogP contribution in [0.5, 0.6) is 5.75 Å². The summed E-state index contributed by atoms with van der Waals surface area (Å²) in [5.74, 6) is 3.81. The fourth-order valence-corrected chi connectivity index (χ4v) is 6.27. The van der Waals surface area contributed by atoms with E-state index in [0.29, 0.717) is 10.7 Å². The Morgan fingerprint density at radius 3 is 2.29 bits per heavy atom. The lowest BCUT2D eigenvalue weighted by Gasteiger charge is -2.57. The number of hydrogen-bond donors (Lipinski definition) is 0. The summed E-state index contributed by atoms with van der Waals surface area (Å²) in [5.41, 5.74) is 1.77. The van der Waals surface area contributed by atoms with Crippen molar-refractivity contribution in [3.05, 3.63) is 29.8 Å². The Balaban J connectivity index is 1.52. The Morgan fingerprint density at radius 2 is 1.71 bits per heavy atom. The van der Waals surface area contributed by atoms with Crippen molar-refractivity contribution in [2.75, 3.05) is 19.2 Å². The Kier molecular flexibility index (Phi) is 4.90. The normalized spacial score (nSPS) is 35.2. The van der Waals surface area contributed by atoms with Crippen molar-refractivity contribution in [2.24, 2.45) is 17.8 Å². The van der Waals surface area contributed by atoms with E-state index in [1.54, 1.807) is 7.11 Å². The molecule has 132 valence electrons. The highest BCUT2D eigenvalue weighted by atomic mass is 79.9. The molecular weight excluding hydrogens is 368 g/mol. The minimum atomic E-state index is -0.267. The Bertz CT molecular complexity index is 534. The van der Waals surface area contributed by atoms with Crippen LogP contribution >= 0.6 is 15.9 Å². The standard InChI is InChI=1S/C20H27BrO3/c1-22-19(12-21)24-13-23-18-5-3-2-4-17(18)20-9-14-6-15(10-20)8-16(7-14)11-20/h2-5,14-16,19H,6-13H2,1H3. The maximum absolute atomic E-state index is 6.04. The van der Waals surface area contributed by atoms with Gasteiger partial charge in [-0.15, -0.1) is 0 Å². The Hall–Kier alpha value is -0.580. The first-order valence-corrected chi connectivity index (χ1v) is 10.3. The lowest BCUT2D eigenvalue weighted by molar-refractivity contribution is -0.146. The second-order valence-electron chi connectivity index (χ2n) is 7.94. The van der Waals surface area contributed by atoms with Gasteiger partial charge in [0.25, 0.3) is 0 Å². The van der Waals surface area contributed by atoms with Crippen LogP contribution in [0, 0.1) is 17.8 Å². The highest BCUT2D eigenvalue weighted by Crippen LogP contribution is 2.61. The molecule has 0 spiro atoms. The molecule has 4 bridgehead atoms. The van der Waals surface area contributed by atoms with Crippen LogP contribution in [0.1, 0.15) is 44.1 Å². The predicted octanol–water partition coefficient (Wildman–Crippen LogP) is 4.87. The molecule has 0 aliphatic heterocycles. The van der Waals surface area contributed by atoms with E-state index in [0.717, 1.165) is 23.5 Å². The molecule has 1 aromatic carbocycles. The average Bonchev–Trinajstić information content (AvgIpc) is 2.58. The number of ether oxygens (including phenoxy) is 3. The van der Waals surface area contributed by atoms with Gasteiger partial charge in [0.1, 0.15) is 5.75 Å². The van der Waals surface area contributed by atoms with E-state index >= 15 is 0 Å². The van der Waals surface area contributed by atoms with Crippen LogP contribution in [-0.2, 0) is 14.9 Å². The summed E-state index contributed by atoms with van der Waals surface area (Å²) in [4.78, 5) is 0. The van der Waals surface area contributed by atoms with E-state index in [4.69, 9.17) is 14.2 Å². The van der Waals surface area contributed by atoms with Gasteiger partial charge in [-0.25, -0.2) is 0 Å². The third-order valence-corrected chi connectivity index (χ3v) is 6.88. The van der Waals surface area contributed by atoms with Gasteiger partial charge in [0.2, 0.25) is 0 Å². The van der Waals surface area contributed by atoms with Crippen LogP contribution in [0.15, 0.2) is 24.3 Å². The summed E-state index contributed by atoms with van der Waals surface area (Å²) in [6.45, 7) is 0.230. The van der Waals surface area contributed by atoms with Gasteiger partial charge in [-0.1, -0.05) is 34.1 Å². The van der Waals surface area contributed by atoms with Crippen molar-refractivity contribution in [1.29, 1.82) is 0 Å². The first-order chi connectivity index (χ1) is 11.7. The fourth-order valence-electron chi connectivity index (χ4n) is 5.82. The van der Waals surface area contributed by atoms with Gasteiger partial charge in [0.05, 0.1) is 5.33 Å². The van der Waals surface area contributed by atoms with Gasteiger partial charge >= 0.3 is 0 Å². The minimum absolute atomic E-state index is 0.230. The molecule has 0 radical (unpaired) electrons. The molecule has 0 N–H and O–H groups in total. The molecule has 4 aliphatic carbocycles. The topological polar surface area (TPSA) is 27.7 Å². The summed E-state index contributed by atoms with van der Waals surface area (Å²) in [6, 6.07) is 8.63. The SMILES string of the molecule is COC(CBr)OCOc1ccccc1C12CC3CC(CC(C3)C1)C2. The van der Waals surface area contributed by atoms with Crippen molar-refractivity contribution < 1.29 is 14.2 Å². The van der Waals surface area contributed by atoms with Gasteiger partial charge in [-0.3, -0.25) is 0 Å². The molecule has 5 rings (SSSR count). The van der Waals surface area contributed by atoms with E-state index in [-0.39, 0.29) is 13.1 Å². The smallest absolute Gasteiger partial charge is 0.192 e. The molecule has 0 aromatic heterocycles. The van der Waals surface area contributed by atoms with Gasteiger partial charge < -0.3 is 14.2 Å². The van der Waals surface area contributed by atoms with Crippen molar-refractivity contribution in [1.82, 2.24) is 0 Å². The van der Waals surface area contributed by atoms with Crippen LogP contribution in [0.25, 0.3) is 0 Å². The first kappa shape index (κ1) is 16.9. The molecule has 1 aromatic rings. The van der Waals surface area contributed by atoms with Gasteiger partial charge in [0, 0.05) is 12.7 Å². The average molecular weight is 395 g/mol. The Morgan fingerprint density at radius 1 is 1.08 bits per heavy atom. The van der Waals surface area contributed by atoms with Crippen LogP contribution in [0.3, 0.4) is 0 Å². The number of hydrogen-bond acceptors (Lipinski definition) is 3. The number of halogens is 1. The van der Waals surface area contributed by atoms with Crippen LogP contribution in [0.2, 0.25) is 0 Å². The summed E-state index contributed by atoms with van der Waals surface area (Å²) < 4.78 is 16.9. The summed E-state index contributed by atoms with van der Waals surface area (Å²) in [5, 5.41) is 0.642. The zero-order valence-electron chi connectivity index (χ0n) is 14.4. The number of benzene rings is 1.